The number of carboxylic acid groups (broad SMARTS) is 1. The van der Waals surface area contributed by atoms with E-state index in [1.807, 2.05) is 13.8 Å². The number of benzene rings is 1. The smallest absolute Gasteiger partial charge is 0.326 e. The normalized spacial score (nSPS) is 12.2. The Morgan fingerprint density at radius 1 is 1.24 bits per heavy atom. The van der Waals surface area contributed by atoms with Crippen LogP contribution in [0.2, 0.25) is 0 Å². The van der Waals surface area contributed by atoms with Gasteiger partial charge in [-0.2, -0.15) is 0 Å². The van der Waals surface area contributed by atoms with Crippen molar-refractivity contribution in [3.8, 4) is 0 Å². The first kappa shape index (κ1) is 13.2. The Kier molecular flexibility index (Phi) is 4.69. The highest BCUT2D eigenvalue weighted by molar-refractivity contribution is 5.96. The topological polar surface area (TPSA) is 66.4 Å². The second-order valence-corrected chi connectivity index (χ2v) is 4.36. The van der Waals surface area contributed by atoms with Crippen LogP contribution in [-0.4, -0.2) is 23.0 Å². The van der Waals surface area contributed by atoms with E-state index in [9.17, 15) is 9.59 Å². The molecule has 0 heterocycles. The van der Waals surface area contributed by atoms with Crippen LogP contribution in [0.15, 0.2) is 30.3 Å². The van der Waals surface area contributed by atoms with E-state index in [1.54, 1.807) is 30.3 Å². The molecule has 1 aromatic rings. The third kappa shape index (κ3) is 4.26. The highest BCUT2D eigenvalue weighted by atomic mass is 16.4. The van der Waals surface area contributed by atoms with Gasteiger partial charge in [0.2, 0.25) is 0 Å². The summed E-state index contributed by atoms with van der Waals surface area (Å²) in [6.07, 6.45) is 0.425. The van der Waals surface area contributed by atoms with E-state index in [1.165, 1.54) is 0 Å². The van der Waals surface area contributed by atoms with Crippen molar-refractivity contribution in [2.45, 2.75) is 26.3 Å². The van der Waals surface area contributed by atoms with Crippen LogP contribution in [0.1, 0.15) is 30.6 Å². The number of carboxylic acids is 1. The molecular weight excluding hydrogens is 218 g/mol. The first-order valence-corrected chi connectivity index (χ1v) is 5.59. The van der Waals surface area contributed by atoms with E-state index < -0.39 is 12.0 Å². The van der Waals surface area contributed by atoms with Crippen molar-refractivity contribution in [1.82, 2.24) is 5.32 Å². The fourth-order valence-corrected chi connectivity index (χ4v) is 1.52. The van der Waals surface area contributed by atoms with E-state index >= 15 is 0 Å². The highest BCUT2D eigenvalue weighted by Crippen LogP contribution is 2.06. The van der Waals surface area contributed by atoms with E-state index in [0.717, 1.165) is 0 Å². The van der Waals surface area contributed by atoms with Crippen molar-refractivity contribution in [3.05, 3.63) is 35.9 Å². The summed E-state index contributed by atoms with van der Waals surface area (Å²) in [5.41, 5.74) is 0.475. The predicted molar refractivity (Wildman–Crippen MR) is 64.8 cm³/mol. The average molecular weight is 235 g/mol. The van der Waals surface area contributed by atoms with Crippen molar-refractivity contribution < 1.29 is 14.7 Å². The van der Waals surface area contributed by atoms with Crippen molar-refractivity contribution in [2.24, 2.45) is 5.92 Å². The predicted octanol–water partition coefficient (Wildman–Crippen LogP) is 1.92. The lowest BCUT2D eigenvalue weighted by atomic mass is 10.0. The van der Waals surface area contributed by atoms with Crippen LogP contribution in [0.5, 0.6) is 0 Å². The molecular formula is C13H17NO3. The first-order valence-electron chi connectivity index (χ1n) is 5.59. The zero-order valence-electron chi connectivity index (χ0n) is 10.0. The van der Waals surface area contributed by atoms with Gasteiger partial charge >= 0.3 is 5.97 Å². The van der Waals surface area contributed by atoms with Gasteiger partial charge in [0.15, 0.2) is 0 Å². The Bertz CT molecular complexity index is 387. The van der Waals surface area contributed by atoms with Gasteiger partial charge < -0.3 is 10.4 Å². The molecule has 1 atom stereocenters. The quantitative estimate of drug-likeness (QED) is 0.819. The van der Waals surface area contributed by atoms with Crippen molar-refractivity contribution in [3.63, 3.8) is 0 Å². The second kappa shape index (κ2) is 6.03. The van der Waals surface area contributed by atoms with Gasteiger partial charge in [-0.15, -0.1) is 0 Å². The molecule has 0 spiro atoms. The minimum atomic E-state index is -0.997. The molecule has 4 nitrogen and oxygen atoms in total. The number of carbonyl (C=O) groups is 2. The van der Waals surface area contributed by atoms with E-state index in [4.69, 9.17) is 5.11 Å². The van der Waals surface area contributed by atoms with Crippen molar-refractivity contribution in [1.29, 1.82) is 0 Å². The maximum absolute atomic E-state index is 11.8. The summed E-state index contributed by atoms with van der Waals surface area (Å²) in [6.45, 7) is 3.84. The number of hydrogen-bond acceptors (Lipinski definition) is 2. The van der Waals surface area contributed by atoms with Crippen LogP contribution < -0.4 is 5.32 Å². The largest absolute Gasteiger partial charge is 0.480 e. The van der Waals surface area contributed by atoms with Gasteiger partial charge in [0.25, 0.3) is 5.91 Å². The molecule has 0 aromatic heterocycles. The minimum Gasteiger partial charge on any atom is -0.480 e. The van der Waals surface area contributed by atoms with Crippen LogP contribution in [0, 0.1) is 5.92 Å². The van der Waals surface area contributed by atoms with E-state index in [-0.39, 0.29) is 11.8 Å². The molecule has 17 heavy (non-hydrogen) atoms. The lowest BCUT2D eigenvalue weighted by Crippen LogP contribution is -2.41. The van der Waals surface area contributed by atoms with Crippen LogP contribution in [0.4, 0.5) is 0 Å². The molecule has 0 saturated heterocycles. The fraction of sp³-hybridized carbons (Fsp3) is 0.385. The van der Waals surface area contributed by atoms with Gasteiger partial charge in [0, 0.05) is 5.56 Å². The minimum absolute atomic E-state index is 0.215. The lowest BCUT2D eigenvalue weighted by Gasteiger charge is -2.16. The second-order valence-electron chi connectivity index (χ2n) is 4.36. The molecule has 0 fully saturated rings. The van der Waals surface area contributed by atoms with Crippen LogP contribution in [-0.2, 0) is 4.79 Å². The van der Waals surface area contributed by atoms with Gasteiger partial charge in [0.05, 0.1) is 0 Å². The summed E-state index contributed by atoms with van der Waals surface area (Å²) in [6, 6.07) is 7.77. The standard InChI is InChI=1S/C13H17NO3/c1-9(2)8-11(13(16)17)14-12(15)10-6-4-3-5-7-10/h3-7,9,11H,8H2,1-2H3,(H,14,15)(H,16,17)/t11-/m0/s1. The number of carbonyl (C=O) groups excluding carboxylic acids is 1. The molecule has 0 aliphatic heterocycles. The van der Waals surface area contributed by atoms with Gasteiger partial charge in [-0.25, -0.2) is 4.79 Å². The Hall–Kier alpha value is -1.84. The van der Waals surface area contributed by atoms with E-state index in [2.05, 4.69) is 5.32 Å². The Balaban J connectivity index is 2.68. The summed E-state index contributed by atoms with van der Waals surface area (Å²) in [7, 11) is 0. The number of nitrogens with one attached hydrogen (secondary N) is 1. The molecule has 0 saturated carbocycles. The lowest BCUT2D eigenvalue weighted by molar-refractivity contribution is -0.139. The molecule has 92 valence electrons. The van der Waals surface area contributed by atoms with Gasteiger partial charge in [0.1, 0.15) is 6.04 Å². The Labute approximate surface area is 101 Å². The summed E-state index contributed by atoms with van der Waals surface area (Å²) >= 11 is 0. The van der Waals surface area contributed by atoms with Crippen LogP contribution in [0.25, 0.3) is 0 Å². The Morgan fingerprint density at radius 3 is 2.29 bits per heavy atom. The molecule has 1 aromatic carbocycles. The van der Waals surface area contributed by atoms with Gasteiger partial charge in [-0.1, -0.05) is 32.0 Å². The third-order valence-electron chi connectivity index (χ3n) is 2.35. The molecule has 0 radical (unpaired) electrons. The van der Waals surface area contributed by atoms with Crippen LogP contribution >= 0.6 is 0 Å². The molecule has 2 N–H and O–H groups in total. The first-order chi connectivity index (χ1) is 8.00. The molecule has 0 aliphatic carbocycles. The SMILES string of the molecule is CC(C)C[C@H](NC(=O)c1ccccc1)C(=O)O. The number of hydrogen-bond donors (Lipinski definition) is 2. The van der Waals surface area contributed by atoms with Crippen molar-refractivity contribution >= 4 is 11.9 Å². The third-order valence-corrected chi connectivity index (χ3v) is 2.35. The van der Waals surface area contributed by atoms with Gasteiger partial charge in [-0.3, -0.25) is 4.79 Å². The molecule has 0 unspecified atom stereocenters. The summed E-state index contributed by atoms with van der Waals surface area (Å²) in [5, 5.41) is 11.5. The Morgan fingerprint density at radius 2 is 1.82 bits per heavy atom. The maximum Gasteiger partial charge on any atom is 0.326 e. The van der Waals surface area contributed by atoms with Crippen LogP contribution in [0.3, 0.4) is 0 Å². The summed E-state index contributed by atoms with van der Waals surface area (Å²) < 4.78 is 0. The zero-order valence-corrected chi connectivity index (χ0v) is 10.0. The maximum atomic E-state index is 11.8. The fourth-order valence-electron chi connectivity index (χ4n) is 1.52. The molecule has 1 rings (SSSR count). The number of rotatable bonds is 5. The average Bonchev–Trinajstić information content (AvgIpc) is 2.28. The molecule has 1 amide bonds. The van der Waals surface area contributed by atoms with Gasteiger partial charge in [-0.05, 0) is 24.5 Å². The van der Waals surface area contributed by atoms with Crippen molar-refractivity contribution in [2.75, 3.05) is 0 Å². The number of amides is 1. The monoisotopic (exact) mass is 235 g/mol. The molecule has 0 bridgehead atoms. The molecule has 0 aliphatic rings. The number of aliphatic carboxylic acids is 1. The zero-order chi connectivity index (χ0) is 12.8. The van der Waals surface area contributed by atoms with E-state index in [0.29, 0.717) is 12.0 Å². The highest BCUT2D eigenvalue weighted by Gasteiger charge is 2.21. The summed E-state index contributed by atoms with van der Waals surface area (Å²) in [4.78, 5) is 22.8. The summed E-state index contributed by atoms with van der Waals surface area (Å²) in [5.74, 6) is -1.13. The molecule has 4 heteroatoms.